The Morgan fingerprint density at radius 1 is 1.24 bits per heavy atom. The zero-order valence-corrected chi connectivity index (χ0v) is 9.80. The molecule has 0 bridgehead atoms. The Morgan fingerprint density at radius 3 is 2.41 bits per heavy atom. The molecule has 4 nitrogen and oxygen atoms in total. The predicted octanol–water partition coefficient (Wildman–Crippen LogP) is 2.19. The molecule has 0 aliphatic rings. The normalized spacial score (nSPS) is 10.2. The van der Waals surface area contributed by atoms with Crippen molar-refractivity contribution in [3.8, 4) is 5.75 Å². The van der Waals surface area contributed by atoms with E-state index < -0.39 is 5.97 Å². The molecule has 1 rings (SSSR count). The minimum absolute atomic E-state index is 0.275. The Bertz CT molecular complexity index is 418. The van der Waals surface area contributed by atoms with E-state index in [0.29, 0.717) is 12.2 Å². The third-order valence-corrected chi connectivity index (χ3v) is 2.01. The van der Waals surface area contributed by atoms with Gasteiger partial charge in [0.1, 0.15) is 5.75 Å². The van der Waals surface area contributed by atoms with Crippen LogP contribution in [-0.4, -0.2) is 19.0 Å². The second kappa shape index (κ2) is 6.48. The predicted molar refractivity (Wildman–Crippen MR) is 63.4 cm³/mol. The molecule has 0 unspecified atom stereocenters. The number of hydrogen-bond acceptors (Lipinski definition) is 4. The molecule has 0 radical (unpaired) electrons. The first kappa shape index (κ1) is 13.0. The van der Waals surface area contributed by atoms with Crippen LogP contribution in [-0.2, 0) is 14.3 Å². The van der Waals surface area contributed by atoms with Crippen molar-refractivity contribution < 1.29 is 19.1 Å². The highest BCUT2D eigenvalue weighted by Crippen LogP contribution is 2.13. The highest BCUT2D eigenvalue weighted by atomic mass is 16.5. The number of benzene rings is 1. The van der Waals surface area contributed by atoms with Crippen molar-refractivity contribution in [2.45, 2.75) is 13.3 Å². The molecule has 17 heavy (non-hydrogen) atoms. The van der Waals surface area contributed by atoms with E-state index >= 15 is 0 Å². The first-order valence-electron chi connectivity index (χ1n) is 5.22. The van der Waals surface area contributed by atoms with Gasteiger partial charge in [-0.1, -0.05) is 19.1 Å². The van der Waals surface area contributed by atoms with Crippen molar-refractivity contribution in [2.75, 3.05) is 7.11 Å². The number of hydrogen-bond donors (Lipinski definition) is 0. The molecule has 0 aromatic heterocycles. The molecule has 1 aromatic carbocycles. The van der Waals surface area contributed by atoms with Gasteiger partial charge in [0.15, 0.2) is 0 Å². The number of carbonyl (C=O) groups is 2. The first-order chi connectivity index (χ1) is 8.15. The van der Waals surface area contributed by atoms with Crippen LogP contribution >= 0.6 is 0 Å². The molecule has 0 fully saturated rings. The first-order valence-corrected chi connectivity index (χ1v) is 5.22. The number of carbonyl (C=O) groups excluding carboxylic acids is 2. The van der Waals surface area contributed by atoms with Crippen LogP contribution in [0.15, 0.2) is 30.3 Å². The van der Waals surface area contributed by atoms with Crippen LogP contribution in [0.25, 0.3) is 6.08 Å². The van der Waals surface area contributed by atoms with Gasteiger partial charge in [-0.25, -0.2) is 4.79 Å². The Labute approximate surface area is 99.8 Å². The summed E-state index contributed by atoms with van der Waals surface area (Å²) in [4.78, 5) is 21.9. The van der Waals surface area contributed by atoms with Gasteiger partial charge in [-0.3, -0.25) is 4.79 Å². The number of methoxy groups -OCH3 is 1. The molecule has 0 aliphatic carbocycles. The maximum atomic E-state index is 11.0. The summed E-state index contributed by atoms with van der Waals surface area (Å²) in [6.07, 6.45) is 3.29. The fraction of sp³-hybridized carbons (Fsp3) is 0.231. The van der Waals surface area contributed by atoms with Crippen LogP contribution in [0.3, 0.4) is 0 Å². The fourth-order valence-corrected chi connectivity index (χ4v) is 1.08. The topological polar surface area (TPSA) is 52.6 Å². The molecule has 4 heteroatoms. The molecule has 0 amide bonds. The van der Waals surface area contributed by atoms with Crippen LogP contribution in [0.2, 0.25) is 0 Å². The van der Waals surface area contributed by atoms with Crippen molar-refractivity contribution in [1.29, 1.82) is 0 Å². The van der Waals surface area contributed by atoms with E-state index in [1.165, 1.54) is 13.2 Å². The summed E-state index contributed by atoms with van der Waals surface area (Å²) in [6, 6.07) is 6.84. The Kier molecular flexibility index (Phi) is 4.94. The third-order valence-electron chi connectivity index (χ3n) is 2.01. The lowest BCUT2D eigenvalue weighted by Crippen LogP contribution is -2.05. The summed E-state index contributed by atoms with van der Waals surface area (Å²) >= 11 is 0. The zero-order valence-electron chi connectivity index (χ0n) is 9.80. The standard InChI is InChI=1S/C13H14O4/c1-3-12(14)17-11-7-4-10(5-8-11)6-9-13(15)16-2/h4-9H,3H2,1-2H3/b9-6+. The van der Waals surface area contributed by atoms with E-state index in [-0.39, 0.29) is 5.97 Å². The SMILES string of the molecule is CCC(=O)Oc1ccc(/C=C/C(=O)OC)cc1. The molecule has 0 saturated carbocycles. The zero-order chi connectivity index (χ0) is 12.7. The van der Waals surface area contributed by atoms with Gasteiger partial charge in [0, 0.05) is 12.5 Å². The van der Waals surface area contributed by atoms with Gasteiger partial charge in [-0.2, -0.15) is 0 Å². The molecule has 0 saturated heterocycles. The Morgan fingerprint density at radius 2 is 1.88 bits per heavy atom. The van der Waals surface area contributed by atoms with Crippen LogP contribution in [0.1, 0.15) is 18.9 Å². The van der Waals surface area contributed by atoms with Crippen LogP contribution in [0.4, 0.5) is 0 Å². The van der Waals surface area contributed by atoms with E-state index in [1.54, 1.807) is 37.3 Å². The molecular weight excluding hydrogens is 220 g/mol. The highest BCUT2D eigenvalue weighted by Gasteiger charge is 2.00. The second-order valence-corrected chi connectivity index (χ2v) is 3.25. The molecule has 0 heterocycles. The smallest absolute Gasteiger partial charge is 0.330 e. The van der Waals surface area contributed by atoms with Gasteiger partial charge in [-0.05, 0) is 23.8 Å². The van der Waals surface area contributed by atoms with Crippen molar-refractivity contribution in [3.63, 3.8) is 0 Å². The summed E-state index contributed by atoms with van der Waals surface area (Å²) in [5.41, 5.74) is 0.826. The van der Waals surface area contributed by atoms with E-state index in [9.17, 15) is 9.59 Å². The molecule has 0 atom stereocenters. The van der Waals surface area contributed by atoms with Gasteiger partial charge in [0.05, 0.1) is 7.11 Å². The second-order valence-electron chi connectivity index (χ2n) is 3.25. The quantitative estimate of drug-likeness (QED) is 0.455. The number of ether oxygens (including phenoxy) is 2. The minimum Gasteiger partial charge on any atom is -0.466 e. The lowest BCUT2D eigenvalue weighted by molar-refractivity contribution is -0.135. The van der Waals surface area contributed by atoms with Crippen molar-refractivity contribution in [3.05, 3.63) is 35.9 Å². The van der Waals surface area contributed by atoms with E-state index in [2.05, 4.69) is 4.74 Å². The summed E-state index contributed by atoms with van der Waals surface area (Å²) < 4.78 is 9.48. The molecule has 0 N–H and O–H groups in total. The summed E-state index contributed by atoms with van der Waals surface area (Å²) in [7, 11) is 1.32. The van der Waals surface area contributed by atoms with Gasteiger partial charge in [0.2, 0.25) is 0 Å². The van der Waals surface area contributed by atoms with Gasteiger partial charge < -0.3 is 9.47 Å². The van der Waals surface area contributed by atoms with Crippen LogP contribution < -0.4 is 4.74 Å². The number of esters is 2. The average Bonchev–Trinajstić information content (AvgIpc) is 2.37. The minimum atomic E-state index is -0.411. The maximum Gasteiger partial charge on any atom is 0.330 e. The number of rotatable bonds is 4. The van der Waals surface area contributed by atoms with Crippen molar-refractivity contribution >= 4 is 18.0 Å². The average molecular weight is 234 g/mol. The highest BCUT2D eigenvalue weighted by molar-refractivity contribution is 5.86. The summed E-state index contributed by atoms with van der Waals surface area (Å²) in [6.45, 7) is 1.73. The lowest BCUT2D eigenvalue weighted by atomic mass is 10.2. The van der Waals surface area contributed by atoms with E-state index in [1.807, 2.05) is 0 Å². The molecule has 1 aromatic rings. The monoisotopic (exact) mass is 234 g/mol. The lowest BCUT2D eigenvalue weighted by Gasteiger charge is -2.02. The van der Waals surface area contributed by atoms with Crippen LogP contribution in [0, 0.1) is 0 Å². The largest absolute Gasteiger partial charge is 0.466 e. The molecular formula is C13H14O4. The Balaban J connectivity index is 2.65. The van der Waals surface area contributed by atoms with E-state index in [0.717, 1.165) is 5.56 Å². The molecule has 0 aliphatic heterocycles. The van der Waals surface area contributed by atoms with Gasteiger partial charge in [-0.15, -0.1) is 0 Å². The van der Waals surface area contributed by atoms with E-state index in [4.69, 9.17) is 4.74 Å². The maximum absolute atomic E-state index is 11.0. The van der Waals surface area contributed by atoms with Gasteiger partial charge in [0.25, 0.3) is 0 Å². The summed E-state index contributed by atoms with van der Waals surface area (Å²) in [5, 5.41) is 0. The van der Waals surface area contributed by atoms with Crippen molar-refractivity contribution in [1.82, 2.24) is 0 Å². The fourth-order valence-electron chi connectivity index (χ4n) is 1.08. The van der Waals surface area contributed by atoms with Crippen LogP contribution in [0.5, 0.6) is 5.75 Å². The third kappa shape index (κ3) is 4.51. The van der Waals surface area contributed by atoms with Crippen molar-refractivity contribution in [2.24, 2.45) is 0 Å². The molecule has 90 valence electrons. The Hall–Kier alpha value is -2.10. The molecule has 0 spiro atoms. The van der Waals surface area contributed by atoms with Gasteiger partial charge >= 0.3 is 11.9 Å². The summed E-state index contributed by atoms with van der Waals surface area (Å²) in [5.74, 6) is -0.193.